The van der Waals surface area contributed by atoms with Gasteiger partial charge in [-0.15, -0.1) is 0 Å². The fourth-order valence-electron chi connectivity index (χ4n) is 2.33. The van der Waals surface area contributed by atoms with Crippen LogP contribution in [-0.4, -0.2) is 34.2 Å². The molecule has 2 heterocycles. The number of para-hydroxylation sites is 2. The first-order chi connectivity index (χ1) is 9.08. The number of fused-ring (bicyclic) bond motifs is 1. The summed E-state index contributed by atoms with van der Waals surface area (Å²) >= 11 is 0. The van der Waals surface area contributed by atoms with E-state index in [1.54, 1.807) is 18.2 Å². The summed E-state index contributed by atoms with van der Waals surface area (Å²) in [7, 11) is 0. The highest BCUT2D eigenvalue weighted by molar-refractivity contribution is 5.72. The first kappa shape index (κ1) is 12.0. The van der Waals surface area contributed by atoms with E-state index in [1.807, 2.05) is 6.07 Å². The molecule has 3 rings (SSSR count). The molecule has 0 spiro atoms. The van der Waals surface area contributed by atoms with Gasteiger partial charge >= 0.3 is 6.09 Å². The minimum atomic E-state index is -1.68. The summed E-state index contributed by atoms with van der Waals surface area (Å²) in [4.78, 5) is 16.2. The van der Waals surface area contributed by atoms with Gasteiger partial charge in [-0.05, 0) is 12.1 Å². The minimum absolute atomic E-state index is 0.0544. The molecule has 1 aliphatic rings. The molecule has 5 nitrogen and oxygen atoms in total. The maximum Gasteiger partial charge on any atom is 0.407 e. The summed E-state index contributed by atoms with van der Waals surface area (Å²) < 4.78 is 20.3. The van der Waals surface area contributed by atoms with Gasteiger partial charge in [0.05, 0.1) is 0 Å². The Morgan fingerprint density at radius 2 is 2.05 bits per heavy atom. The number of aromatic nitrogens is 1. The third-order valence-corrected chi connectivity index (χ3v) is 3.50. The lowest BCUT2D eigenvalue weighted by Gasteiger charge is -2.32. The smallest absolute Gasteiger partial charge is 0.407 e. The van der Waals surface area contributed by atoms with Crippen molar-refractivity contribution in [3.63, 3.8) is 0 Å². The topological polar surface area (TPSA) is 66.6 Å². The number of benzene rings is 1. The van der Waals surface area contributed by atoms with Crippen LogP contribution in [0.25, 0.3) is 11.1 Å². The molecule has 1 N–H and O–H groups in total. The Kier molecular flexibility index (Phi) is 2.66. The van der Waals surface area contributed by atoms with Crippen molar-refractivity contribution in [3.05, 3.63) is 30.2 Å². The van der Waals surface area contributed by atoms with Gasteiger partial charge in [0, 0.05) is 25.9 Å². The SMILES string of the molecule is O=C(O)N1CCC(F)(c2nc3ccccc3o2)CC1. The number of carboxylic acid groups (broad SMARTS) is 1. The van der Waals surface area contributed by atoms with E-state index in [9.17, 15) is 9.18 Å². The third-order valence-electron chi connectivity index (χ3n) is 3.50. The Labute approximate surface area is 108 Å². The molecule has 100 valence electrons. The molecule has 1 saturated heterocycles. The van der Waals surface area contributed by atoms with Crippen molar-refractivity contribution in [1.82, 2.24) is 9.88 Å². The van der Waals surface area contributed by atoms with Crippen molar-refractivity contribution in [2.45, 2.75) is 18.5 Å². The number of halogens is 1. The van der Waals surface area contributed by atoms with Crippen molar-refractivity contribution in [2.75, 3.05) is 13.1 Å². The number of hydrogen-bond donors (Lipinski definition) is 1. The molecule has 0 aliphatic carbocycles. The second-order valence-corrected chi connectivity index (χ2v) is 4.72. The molecule has 6 heteroatoms. The minimum Gasteiger partial charge on any atom is -0.465 e. The summed E-state index contributed by atoms with van der Waals surface area (Å²) in [5.41, 5.74) is -0.504. The first-order valence-corrected chi connectivity index (χ1v) is 6.11. The van der Waals surface area contributed by atoms with E-state index in [4.69, 9.17) is 9.52 Å². The molecule has 2 aromatic rings. The Balaban J connectivity index is 1.87. The number of rotatable bonds is 1. The van der Waals surface area contributed by atoms with Crippen LogP contribution in [0.4, 0.5) is 9.18 Å². The van der Waals surface area contributed by atoms with E-state index in [-0.39, 0.29) is 31.8 Å². The zero-order chi connectivity index (χ0) is 13.5. The van der Waals surface area contributed by atoms with Crippen LogP contribution in [-0.2, 0) is 5.67 Å². The van der Waals surface area contributed by atoms with Gasteiger partial charge in [-0.3, -0.25) is 0 Å². The zero-order valence-corrected chi connectivity index (χ0v) is 10.2. The van der Waals surface area contributed by atoms with E-state index < -0.39 is 11.8 Å². The van der Waals surface area contributed by atoms with Crippen LogP contribution in [0.3, 0.4) is 0 Å². The van der Waals surface area contributed by atoms with Crippen molar-refractivity contribution in [1.29, 1.82) is 0 Å². The largest absolute Gasteiger partial charge is 0.465 e. The molecule has 0 radical (unpaired) electrons. The summed E-state index contributed by atoms with van der Waals surface area (Å²) in [6.07, 6.45) is -0.863. The third kappa shape index (κ3) is 2.03. The molecule has 1 aliphatic heterocycles. The molecule has 1 aromatic carbocycles. The van der Waals surface area contributed by atoms with Gasteiger partial charge < -0.3 is 14.4 Å². The molecule has 0 bridgehead atoms. The Bertz CT molecular complexity index is 584. The summed E-state index contributed by atoms with van der Waals surface area (Å²) in [6.45, 7) is 0.315. The zero-order valence-electron chi connectivity index (χ0n) is 10.2. The lowest BCUT2D eigenvalue weighted by Crippen LogP contribution is -2.42. The second-order valence-electron chi connectivity index (χ2n) is 4.72. The van der Waals surface area contributed by atoms with Crippen LogP contribution >= 0.6 is 0 Å². The highest BCUT2D eigenvalue weighted by Crippen LogP contribution is 2.37. The molecule has 1 fully saturated rings. The van der Waals surface area contributed by atoms with Gasteiger partial charge in [0.2, 0.25) is 5.89 Å². The summed E-state index contributed by atoms with van der Waals surface area (Å²) in [5.74, 6) is 0.0544. The van der Waals surface area contributed by atoms with E-state index in [1.165, 1.54) is 4.90 Å². The van der Waals surface area contributed by atoms with Gasteiger partial charge in [0.1, 0.15) is 5.52 Å². The van der Waals surface area contributed by atoms with E-state index in [0.29, 0.717) is 11.1 Å². The monoisotopic (exact) mass is 264 g/mol. The lowest BCUT2D eigenvalue weighted by atomic mass is 9.93. The second kappa shape index (κ2) is 4.22. The fourth-order valence-corrected chi connectivity index (χ4v) is 2.33. The number of carbonyl (C=O) groups is 1. The molecule has 0 atom stereocenters. The van der Waals surface area contributed by atoms with Gasteiger partial charge in [-0.25, -0.2) is 14.2 Å². The maximum absolute atomic E-state index is 14.8. The van der Waals surface area contributed by atoms with Crippen LogP contribution in [0, 0.1) is 0 Å². The van der Waals surface area contributed by atoms with Gasteiger partial charge in [0.25, 0.3) is 0 Å². The predicted molar refractivity (Wildman–Crippen MR) is 65.6 cm³/mol. The fraction of sp³-hybridized carbons (Fsp3) is 0.385. The molecule has 19 heavy (non-hydrogen) atoms. The van der Waals surface area contributed by atoms with E-state index in [0.717, 1.165) is 0 Å². The molecular formula is C13H13FN2O3. The number of piperidine rings is 1. The van der Waals surface area contributed by atoms with Gasteiger partial charge in [-0.1, -0.05) is 12.1 Å². The van der Waals surface area contributed by atoms with Crippen LogP contribution < -0.4 is 0 Å². The van der Waals surface area contributed by atoms with E-state index in [2.05, 4.69) is 4.98 Å². The Morgan fingerprint density at radius 1 is 1.37 bits per heavy atom. The van der Waals surface area contributed by atoms with Crippen LogP contribution in [0.5, 0.6) is 0 Å². The van der Waals surface area contributed by atoms with Crippen LogP contribution in [0.15, 0.2) is 28.7 Å². The highest BCUT2D eigenvalue weighted by atomic mass is 19.1. The maximum atomic E-state index is 14.8. The molecule has 1 amide bonds. The predicted octanol–water partition coefficient (Wildman–Crippen LogP) is 2.77. The molecule has 0 unspecified atom stereocenters. The molecular weight excluding hydrogens is 251 g/mol. The average Bonchev–Trinajstić information content (AvgIpc) is 2.83. The quantitative estimate of drug-likeness (QED) is 0.860. The Hall–Kier alpha value is -2.11. The highest BCUT2D eigenvalue weighted by Gasteiger charge is 2.41. The van der Waals surface area contributed by atoms with Crippen molar-refractivity contribution in [3.8, 4) is 0 Å². The lowest BCUT2D eigenvalue weighted by molar-refractivity contribution is 0.0358. The molecule has 1 aromatic heterocycles. The molecule has 0 saturated carbocycles. The van der Waals surface area contributed by atoms with Gasteiger partial charge in [-0.2, -0.15) is 0 Å². The number of alkyl halides is 1. The normalized spacial score (nSPS) is 18.7. The van der Waals surface area contributed by atoms with E-state index >= 15 is 0 Å². The van der Waals surface area contributed by atoms with Crippen LogP contribution in [0.1, 0.15) is 18.7 Å². The average molecular weight is 264 g/mol. The standard InChI is InChI=1S/C13H13FN2O3/c14-13(5-7-16(8-6-13)12(17)18)11-15-9-3-1-2-4-10(9)19-11/h1-4H,5-8H2,(H,17,18). The van der Waals surface area contributed by atoms with Crippen molar-refractivity contribution < 1.29 is 18.7 Å². The Morgan fingerprint density at radius 3 is 2.68 bits per heavy atom. The number of likely N-dealkylation sites (tertiary alicyclic amines) is 1. The number of nitrogens with zero attached hydrogens (tertiary/aromatic N) is 2. The number of hydrogen-bond acceptors (Lipinski definition) is 3. The summed E-state index contributed by atoms with van der Waals surface area (Å²) in [5, 5.41) is 8.86. The first-order valence-electron chi connectivity index (χ1n) is 6.11. The van der Waals surface area contributed by atoms with Crippen molar-refractivity contribution >= 4 is 17.2 Å². The van der Waals surface area contributed by atoms with Crippen LogP contribution in [0.2, 0.25) is 0 Å². The van der Waals surface area contributed by atoms with Crippen molar-refractivity contribution in [2.24, 2.45) is 0 Å². The number of oxazole rings is 1. The van der Waals surface area contributed by atoms with Gasteiger partial charge in [0.15, 0.2) is 11.3 Å². The number of amides is 1. The summed E-state index contributed by atoms with van der Waals surface area (Å²) in [6, 6.07) is 7.11.